The molecule has 1 aliphatic rings. The third-order valence-electron chi connectivity index (χ3n) is 2.81. The van der Waals surface area contributed by atoms with Gasteiger partial charge in [0.2, 0.25) is 0 Å². The summed E-state index contributed by atoms with van der Waals surface area (Å²) in [6.07, 6.45) is 2.64. The van der Waals surface area contributed by atoms with E-state index in [0.717, 1.165) is 29.2 Å². The Kier molecular flexibility index (Phi) is 2.74. The normalized spacial score (nSPS) is 17.7. The Morgan fingerprint density at radius 1 is 1.35 bits per heavy atom. The lowest BCUT2D eigenvalue weighted by molar-refractivity contribution is -0.109. The molecule has 0 aromatic carbocycles. The highest BCUT2D eigenvalue weighted by atomic mass is 16.7. The first-order chi connectivity index (χ1) is 8.36. The van der Waals surface area contributed by atoms with Crippen LogP contribution in [0.3, 0.4) is 0 Å². The van der Waals surface area contributed by atoms with Crippen LogP contribution in [0.1, 0.15) is 24.5 Å². The molecule has 3 heterocycles. The van der Waals surface area contributed by atoms with E-state index in [0.29, 0.717) is 20.0 Å². The van der Waals surface area contributed by atoms with Gasteiger partial charge in [0, 0.05) is 6.42 Å². The highest BCUT2D eigenvalue weighted by Crippen LogP contribution is 2.18. The number of hydrogen-bond donors (Lipinski definition) is 1. The Labute approximate surface area is 98.4 Å². The fraction of sp³-hybridized carbons (Fsp3) is 0.545. The quantitative estimate of drug-likeness (QED) is 0.839. The van der Waals surface area contributed by atoms with E-state index in [-0.39, 0.29) is 5.92 Å². The standard InChI is InChI=1S/C11H14N4O2/c1-2-9-13-8-3-12-10(15-11(8)14-9)7-4-16-6-17-5-7/h3,7H,2,4-6H2,1H3,(H,12,13,14,15). The van der Waals surface area contributed by atoms with E-state index in [1.807, 2.05) is 0 Å². The van der Waals surface area contributed by atoms with Crippen LogP contribution in [-0.4, -0.2) is 39.9 Å². The molecule has 1 N–H and O–H groups in total. The molecule has 3 rings (SSSR count). The number of fused-ring (bicyclic) bond motifs is 1. The first-order valence-electron chi connectivity index (χ1n) is 5.74. The summed E-state index contributed by atoms with van der Waals surface area (Å²) in [5.41, 5.74) is 1.60. The molecular weight excluding hydrogens is 220 g/mol. The Balaban J connectivity index is 1.94. The van der Waals surface area contributed by atoms with Crippen molar-refractivity contribution in [3.8, 4) is 0 Å². The lowest BCUT2D eigenvalue weighted by Crippen LogP contribution is -2.23. The molecule has 1 saturated heterocycles. The molecule has 2 aromatic rings. The van der Waals surface area contributed by atoms with Crippen molar-refractivity contribution in [1.82, 2.24) is 19.9 Å². The fourth-order valence-corrected chi connectivity index (χ4v) is 1.87. The van der Waals surface area contributed by atoms with Gasteiger partial charge >= 0.3 is 0 Å². The third kappa shape index (κ3) is 2.01. The first-order valence-corrected chi connectivity index (χ1v) is 5.74. The van der Waals surface area contributed by atoms with E-state index in [1.54, 1.807) is 6.20 Å². The van der Waals surface area contributed by atoms with Crippen molar-refractivity contribution in [2.24, 2.45) is 0 Å². The smallest absolute Gasteiger partial charge is 0.181 e. The van der Waals surface area contributed by atoms with Crippen molar-refractivity contribution in [1.29, 1.82) is 0 Å². The molecule has 0 saturated carbocycles. The van der Waals surface area contributed by atoms with E-state index >= 15 is 0 Å². The summed E-state index contributed by atoms with van der Waals surface area (Å²) in [4.78, 5) is 16.4. The lowest BCUT2D eigenvalue weighted by atomic mass is 10.1. The van der Waals surface area contributed by atoms with E-state index < -0.39 is 0 Å². The molecule has 0 unspecified atom stereocenters. The molecule has 0 amide bonds. The number of H-pyrrole nitrogens is 1. The van der Waals surface area contributed by atoms with Gasteiger partial charge < -0.3 is 14.5 Å². The number of hydrogen-bond acceptors (Lipinski definition) is 5. The molecule has 0 atom stereocenters. The van der Waals surface area contributed by atoms with E-state index in [2.05, 4.69) is 26.9 Å². The molecule has 6 nitrogen and oxygen atoms in total. The van der Waals surface area contributed by atoms with Crippen LogP contribution >= 0.6 is 0 Å². The van der Waals surface area contributed by atoms with Crippen LogP contribution in [0.25, 0.3) is 11.2 Å². The Hall–Kier alpha value is -1.53. The number of ether oxygens (including phenoxy) is 2. The number of rotatable bonds is 2. The van der Waals surface area contributed by atoms with Gasteiger partial charge in [0.05, 0.1) is 25.3 Å². The van der Waals surface area contributed by atoms with Gasteiger partial charge in [-0.1, -0.05) is 6.92 Å². The zero-order chi connectivity index (χ0) is 11.7. The molecule has 1 fully saturated rings. The minimum Gasteiger partial charge on any atom is -0.355 e. The van der Waals surface area contributed by atoms with Crippen LogP contribution in [0.5, 0.6) is 0 Å². The van der Waals surface area contributed by atoms with Crippen molar-refractivity contribution in [2.75, 3.05) is 20.0 Å². The number of aromatic nitrogens is 4. The number of imidazole rings is 1. The summed E-state index contributed by atoms with van der Waals surface area (Å²) in [6, 6.07) is 0. The molecule has 0 bridgehead atoms. The second-order valence-electron chi connectivity index (χ2n) is 4.06. The van der Waals surface area contributed by atoms with Crippen LogP contribution < -0.4 is 0 Å². The van der Waals surface area contributed by atoms with Crippen molar-refractivity contribution in [3.05, 3.63) is 17.8 Å². The van der Waals surface area contributed by atoms with Gasteiger partial charge in [-0.2, -0.15) is 0 Å². The second kappa shape index (κ2) is 4.38. The predicted octanol–water partition coefficient (Wildman–Crippen LogP) is 1.00. The Morgan fingerprint density at radius 2 is 2.18 bits per heavy atom. The summed E-state index contributed by atoms with van der Waals surface area (Å²) in [5.74, 6) is 1.78. The first kappa shape index (κ1) is 10.6. The Morgan fingerprint density at radius 3 is 2.94 bits per heavy atom. The molecule has 6 heteroatoms. The summed E-state index contributed by atoms with van der Waals surface area (Å²) >= 11 is 0. The van der Waals surface area contributed by atoms with E-state index in [1.165, 1.54) is 0 Å². The summed E-state index contributed by atoms with van der Waals surface area (Å²) in [5, 5.41) is 0. The van der Waals surface area contributed by atoms with Crippen molar-refractivity contribution >= 4 is 11.2 Å². The maximum atomic E-state index is 5.24. The lowest BCUT2D eigenvalue weighted by Gasteiger charge is -2.20. The van der Waals surface area contributed by atoms with Gasteiger partial charge in [0.25, 0.3) is 0 Å². The van der Waals surface area contributed by atoms with E-state index in [9.17, 15) is 0 Å². The zero-order valence-electron chi connectivity index (χ0n) is 9.64. The summed E-state index contributed by atoms with van der Waals surface area (Å²) in [6.45, 7) is 3.63. The minimum absolute atomic E-state index is 0.106. The number of aryl methyl sites for hydroxylation is 1. The maximum absolute atomic E-state index is 5.24. The van der Waals surface area contributed by atoms with Crippen LogP contribution in [0.2, 0.25) is 0 Å². The van der Waals surface area contributed by atoms with Crippen LogP contribution in [-0.2, 0) is 15.9 Å². The molecule has 0 radical (unpaired) electrons. The molecular formula is C11H14N4O2. The van der Waals surface area contributed by atoms with Gasteiger partial charge in [0.1, 0.15) is 24.0 Å². The topological polar surface area (TPSA) is 72.9 Å². The average Bonchev–Trinajstić information content (AvgIpc) is 2.81. The maximum Gasteiger partial charge on any atom is 0.181 e. The fourth-order valence-electron chi connectivity index (χ4n) is 1.87. The monoisotopic (exact) mass is 234 g/mol. The molecule has 2 aromatic heterocycles. The van der Waals surface area contributed by atoms with Crippen molar-refractivity contribution in [2.45, 2.75) is 19.3 Å². The van der Waals surface area contributed by atoms with Crippen molar-refractivity contribution < 1.29 is 9.47 Å². The highest BCUT2D eigenvalue weighted by Gasteiger charge is 2.20. The summed E-state index contributed by atoms with van der Waals surface area (Å²) < 4.78 is 10.5. The Bertz CT molecular complexity index is 519. The van der Waals surface area contributed by atoms with E-state index in [4.69, 9.17) is 9.47 Å². The number of nitrogens with one attached hydrogen (secondary N) is 1. The highest BCUT2D eigenvalue weighted by molar-refractivity contribution is 5.69. The summed E-state index contributed by atoms with van der Waals surface area (Å²) in [7, 11) is 0. The molecule has 0 spiro atoms. The number of aromatic amines is 1. The average molecular weight is 234 g/mol. The molecule has 0 aliphatic carbocycles. The van der Waals surface area contributed by atoms with Gasteiger partial charge in [-0.3, -0.25) is 0 Å². The van der Waals surface area contributed by atoms with Crippen LogP contribution in [0.15, 0.2) is 6.20 Å². The largest absolute Gasteiger partial charge is 0.355 e. The molecule has 90 valence electrons. The zero-order valence-corrected chi connectivity index (χ0v) is 9.64. The van der Waals surface area contributed by atoms with Gasteiger partial charge in [-0.25, -0.2) is 15.0 Å². The van der Waals surface area contributed by atoms with Crippen LogP contribution in [0.4, 0.5) is 0 Å². The van der Waals surface area contributed by atoms with Gasteiger partial charge in [0.15, 0.2) is 5.65 Å². The minimum atomic E-state index is 0.106. The van der Waals surface area contributed by atoms with Gasteiger partial charge in [-0.15, -0.1) is 0 Å². The molecule has 1 aliphatic heterocycles. The van der Waals surface area contributed by atoms with Crippen molar-refractivity contribution in [3.63, 3.8) is 0 Å². The van der Waals surface area contributed by atoms with Crippen LogP contribution in [0, 0.1) is 0 Å². The molecule has 17 heavy (non-hydrogen) atoms. The SMILES string of the molecule is CCc1nc2nc(C3COCOC3)ncc2[nH]1. The second-order valence-corrected chi connectivity index (χ2v) is 4.06. The predicted molar refractivity (Wildman–Crippen MR) is 60.6 cm³/mol. The number of nitrogens with zero attached hydrogens (tertiary/aromatic N) is 3. The third-order valence-corrected chi connectivity index (χ3v) is 2.81. The van der Waals surface area contributed by atoms with Gasteiger partial charge in [-0.05, 0) is 0 Å².